The molecule has 2 aliphatic carbocycles. The molecule has 0 saturated heterocycles. The van der Waals surface area contributed by atoms with E-state index in [0.29, 0.717) is 25.3 Å². The van der Waals surface area contributed by atoms with Gasteiger partial charge in [0.1, 0.15) is 31.2 Å². The number of carbonyl (C=O) groups is 3. The number of Topliss-reactive ketones (excluding diaryl/α,β-unsaturated/α-hetero) is 2. The van der Waals surface area contributed by atoms with Crippen molar-refractivity contribution in [2.24, 2.45) is 0 Å². The van der Waals surface area contributed by atoms with Crippen molar-refractivity contribution in [2.75, 3.05) is 77.2 Å². The largest absolute Gasteiger partial charge is 0.496 e. The highest BCUT2D eigenvalue weighted by Gasteiger charge is 2.36. The zero-order valence-corrected chi connectivity index (χ0v) is 28.7. The van der Waals surface area contributed by atoms with Gasteiger partial charge in [-0.2, -0.15) is 0 Å². The van der Waals surface area contributed by atoms with Crippen LogP contribution in [0.1, 0.15) is 32.6 Å². The van der Waals surface area contributed by atoms with E-state index >= 15 is 0 Å². The van der Waals surface area contributed by atoms with Gasteiger partial charge in [0.15, 0.2) is 11.6 Å². The Kier molecular flexibility index (Phi) is 9.88. The molecule has 1 heterocycles. The minimum absolute atomic E-state index is 0.107. The first kappa shape index (κ1) is 33.5. The van der Waals surface area contributed by atoms with Gasteiger partial charge in [-0.05, 0) is 37.6 Å². The van der Waals surface area contributed by atoms with Crippen LogP contribution < -0.4 is 29.4 Å². The highest BCUT2D eigenvalue weighted by atomic mass is 16.6. The molecule has 10 nitrogen and oxygen atoms in total. The van der Waals surface area contributed by atoms with Crippen LogP contribution in [0.25, 0.3) is 33.4 Å². The molecule has 248 valence electrons. The average molecular weight is 642 g/mol. The fourth-order valence-corrected chi connectivity index (χ4v) is 6.12. The molecule has 47 heavy (non-hydrogen) atoms. The fraction of sp³-hybridized carbons (Fsp3) is 0.405. The van der Waals surface area contributed by atoms with Crippen LogP contribution in [-0.2, 0) is 19.1 Å². The number of ketones is 2. The van der Waals surface area contributed by atoms with E-state index in [9.17, 15) is 14.4 Å². The lowest BCUT2D eigenvalue weighted by Gasteiger charge is -2.30. The zero-order chi connectivity index (χ0) is 34.0. The molecular formula is C37H45N4O6+. The Morgan fingerprint density at radius 2 is 1.64 bits per heavy atom. The number of fused-ring (bicyclic) bond motifs is 2. The van der Waals surface area contributed by atoms with Gasteiger partial charge < -0.3 is 28.6 Å². The van der Waals surface area contributed by atoms with Gasteiger partial charge in [-0.25, -0.2) is 4.58 Å². The average Bonchev–Trinajstić information content (AvgIpc) is 3.36. The quantitative estimate of drug-likeness (QED) is 0.0988. The lowest BCUT2D eigenvalue weighted by atomic mass is 9.92. The first-order chi connectivity index (χ1) is 22.4. The number of anilines is 3. The minimum atomic E-state index is -1.23. The maximum absolute atomic E-state index is 12.5. The Morgan fingerprint density at radius 1 is 0.915 bits per heavy atom. The Labute approximate surface area is 276 Å². The molecule has 0 unspecified atom stereocenters. The van der Waals surface area contributed by atoms with E-state index in [1.54, 1.807) is 7.11 Å². The summed E-state index contributed by atoms with van der Waals surface area (Å²) in [4.78, 5) is 42.7. The Hall–Kier alpha value is -4.86. The molecule has 5 rings (SSSR count). The highest BCUT2D eigenvalue weighted by Crippen LogP contribution is 2.47. The molecule has 0 N–H and O–H groups in total. The van der Waals surface area contributed by atoms with Crippen molar-refractivity contribution in [1.82, 2.24) is 4.58 Å². The molecule has 0 aromatic heterocycles. The predicted octanol–water partition coefficient (Wildman–Crippen LogP) is 4.83. The number of esters is 1. The number of methoxy groups -OCH3 is 1. The van der Waals surface area contributed by atoms with Crippen LogP contribution in [0.5, 0.6) is 5.75 Å². The minimum Gasteiger partial charge on any atom is -0.496 e. The predicted molar refractivity (Wildman–Crippen MR) is 187 cm³/mol. The first-order valence-corrected chi connectivity index (χ1v) is 16.0. The van der Waals surface area contributed by atoms with Crippen molar-refractivity contribution in [3.05, 3.63) is 53.9 Å². The summed E-state index contributed by atoms with van der Waals surface area (Å²) in [7, 11) is 13.8. The number of hydrogen-bond acceptors (Lipinski definition) is 9. The lowest BCUT2D eigenvalue weighted by molar-refractivity contribution is -0.157. The van der Waals surface area contributed by atoms with E-state index in [0.717, 1.165) is 55.8 Å². The van der Waals surface area contributed by atoms with Gasteiger partial charge in [-0.15, -0.1) is 0 Å². The summed E-state index contributed by atoms with van der Waals surface area (Å²) in [6.45, 7) is 3.32. The molecule has 0 atom stereocenters. The van der Waals surface area contributed by atoms with Crippen LogP contribution in [0.2, 0.25) is 0 Å². The normalized spacial score (nSPS) is 13.4. The van der Waals surface area contributed by atoms with Gasteiger partial charge in [0.05, 0.1) is 24.6 Å². The molecule has 3 aliphatic rings. The molecule has 0 amide bonds. The van der Waals surface area contributed by atoms with Crippen LogP contribution in [-0.4, -0.2) is 86.1 Å². The number of ether oxygens (including phenoxy) is 2. The molecule has 0 radical (unpaired) electrons. The summed E-state index contributed by atoms with van der Waals surface area (Å²) in [5.41, 5.74) is 6.69. The third-order valence-electron chi connectivity index (χ3n) is 8.75. The fourth-order valence-electron chi connectivity index (χ4n) is 6.12. The van der Waals surface area contributed by atoms with E-state index < -0.39 is 12.1 Å². The third-order valence-corrected chi connectivity index (χ3v) is 8.75. The third kappa shape index (κ3) is 6.82. The monoisotopic (exact) mass is 641 g/mol. The Balaban J connectivity index is 1.56. The summed E-state index contributed by atoms with van der Waals surface area (Å²) in [5, 5.41) is 2.01. The summed E-state index contributed by atoms with van der Waals surface area (Å²) < 4.78 is 19.9. The maximum atomic E-state index is 12.5. The second-order valence-electron chi connectivity index (χ2n) is 12.5. The van der Waals surface area contributed by atoms with Gasteiger partial charge in [0.25, 0.3) is 0 Å². The van der Waals surface area contributed by atoms with Crippen molar-refractivity contribution < 1.29 is 28.3 Å². The second kappa shape index (κ2) is 13.9. The van der Waals surface area contributed by atoms with Crippen molar-refractivity contribution in [1.29, 1.82) is 0 Å². The van der Waals surface area contributed by atoms with Crippen molar-refractivity contribution in [2.45, 2.75) is 38.7 Å². The summed E-state index contributed by atoms with van der Waals surface area (Å²) in [6, 6.07) is 16.8. The van der Waals surface area contributed by atoms with E-state index in [2.05, 4.69) is 74.7 Å². The SMILES string of the molecule is CCN(CCCC(=O)OC1C(=O)CCC1=O)c1cc(OC)c(-c2c3ccc(=[N+](C)C)cc-3oc3cc(N(C)C)ccc23)cc1N(C)C. The smallest absolute Gasteiger partial charge is 0.307 e. The number of rotatable bonds is 11. The Morgan fingerprint density at radius 3 is 2.26 bits per heavy atom. The lowest BCUT2D eigenvalue weighted by Crippen LogP contribution is -2.29. The number of nitrogens with zero attached hydrogens (tertiary/aromatic N) is 4. The zero-order valence-electron chi connectivity index (χ0n) is 28.7. The topological polar surface area (TPSA) is 95.5 Å². The first-order valence-electron chi connectivity index (χ1n) is 16.0. The molecule has 2 aromatic carbocycles. The van der Waals surface area contributed by atoms with Crippen LogP contribution in [0.15, 0.2) is 52.9 Å². The molecule has 1 saturated carbocycles. The molecule has 0 bridgehead atoms. The van der Waals surface area contributed by atoms with Crippen molar-refractivity contribution in [3.63, 3.8) is 0 Å². The Bertz CT molecular complexity index is 1850. The van der Waals surface area contributed by atoms with E-state index in [4.69, 9.17) is 13.9 Å². The number of hydrogen-bond donors (Lipinski definition) is 0. The molecule has 1 aliphatic heterocycles. The van der Waals surface area contributed by atoms with E-state index in [1.165, 1.54) is 0 Å². The summed E-state index contributed by atoms with van der Waals surface area (Å²) in [5.74, 6) is 0.327. The van der Waals surface area contributed by atoms with Crippen LogP contribution in [0.3, 0.4) is 0 Å². The standard InChI is InChI=1S/C37H45N4O6/c1-9-41(18-10-11-35(44)47-37-30(42)16-17-31(37)43)29-22-32(45-8)27(21-28(29)40(6)7)36-25-14-12-23(38(2)3)19-33(25)46-34-20-24(39(4)5)13-15-26(34)36/h12-15,19-22,37H,9-11,16-18H2,1-8H3/q+1. The summed E-state index contributed by atoms with van der Waals surface area (Å²) in [6.07, 6.45) is -0.345. The van der Waals surface area contributed by atoms with Gasteiger partial charge >= 0.3 is 5.97 Å². The highest BCUT2D eigenvalue weighted by molar-refractivity contribution is 6.12. The van der Waals surface area contributed by atoms with Crippen molar-refractivity contribution >= 4 is 45.6 Å². The summed E-state index contributed by atoms with van der Waals surface area (Å²) >= 11 is 0. The molecule has 0 spiro atoms. The van der Waals surface area contributed by atoms with Gasteiger partial charge in [-0.1, -0.05) is 0 Å². The van der Waals surface area contributed by atoms with E-state index in [-0.39, 0.29) is 30.8 Å². The van der Waals surface area contributed by atoms with Crippen LogP contribution >= 0.6 is 0 Å². The van der Waals surface area contributed by atoms with Gasteiger partial charge in [0, 0.05) is 107 Å². The second-order valence-corrected chi connectivity index (χ2v) is 12.5. The molecule has 2 aromatic rings. The molecule has 1 fully saturated rings. The van der Waals surface area contributed by atoms with Gasteiger partial charge in [-0.3, -0.25) is 14.4 Å². The van der Waals surface area contributed by atoms with Crippen molar-refractivity contribution in [3.8, 4) is 28.2 Å². The number of carbonyl (C=O) groups excluding carboxylic acids is 3. The van der Waals surface area contributed by atoms with E-state index in [1.807, 2.05) is 42.3 Å². The number of benzene rings is 3. The molecular weight excluding hydrogens is 596 g/mol. The maximum Gasteiger partial charge on any atom is 0.307 e. The van der Waals surface area contributed by atoms with Crippen LogP contribution in [0.4, 0.5) is 17.1 Å². The van der Waals surface area contributed by atoms with Gasteiger partial charge in [0.2, 0.25) is 11.5 Å². The molecule has 10 heteroatoms. The van der Waals surface area contributed by atoms with Crippen LogP contribution in [0, 0.1) is 0 Å².